The number of hydrogen-bond donors (Lipinski definition) is 1. The van der Waals surface area contributed by atoms with E-state index in [1.165, 1.54) is 5.57 Å². The van der Waals surface area contributed by atoms with Crippen molar-refractivity contribution in [1.82, 2.24) is 0 Å². The summed E-state index contributed by atoms with van der Waals surface area (Å²) >= 11 is 9.07. The van der Waals surface area contributed by atoms with E-state index >= 15 is 0 Å². The molecule has 0 spiro atoms. The highest BCUT2D eigenvalue weighted by Gasteiger charge is 2.29. The molecule has 1 rings (SSSR count). The minimum absolute atomic E-state index is 0.502. The zero-order chi connectivity index (χ0) is 7.78. The Morgan fingerprint density at radius 2 is 2.30 bits per heavy atom. The smallest absolute Gasteiger partial charge is 0.107 e. The second-order valence-corrected chi connectivity index (χ2v) is 3.76. The second-order valence-electron chi connectivity index (χ2n) is 2.83. The van der Waals surface area contributed by atoms with Crippen molar-refractivity contribution in [2.45, 2.75) is 25.4 Å². The third-order valence-corrected chi connectivity index (χ3v) is 3.31. The topological polar surface area (TPSA) is 20.2 Å². The summed E-state index contributed by atoms with van der Waals surface area (Å²) in [7, 11) is 0. The average Bonchev–Trinajstić information content (AvgIpc) is 2.68. The maximum Gasteiger partial charge on any atom is 0.107 e. The molecular weight excluding hydrogens is 215 g/mol. The van der Waals surface area contributed by atoms with Crippen molar-refractivity contribution in [3.05, 3.63) is 10.6 Å². The monoisotopic (exact) mass is 224 g/mol. The van der Waals surface area contributed by atoms with E-state index in [-0.39, 0.29) is 0 Å². The number of aliphatic hydroxyl groups is 1. The molecule has 0 unspecified atom stereocenters. The van der Waals surface area contributed by atoms with Gasteiger partial charge in [0.05, 0.1) is 0 Å². The minimum atomic E-state index is -0.854. The van der Waals surface area contributed by atoms with Crippen LogP contribution in [0.4, 0.5) is 0 Å². The van der Waals surface area contributed by atoms with Crippen LogP contribution in [0.1, 0.15) is 19.8 Å². The Labute approximate surface area is 74.2 Å². The van der Waals surface area contributed by atoms with Crippen molar-refractivity contribution in [3.8, 4) is 0 Å². The maximum atomic E-state index is 9.57. The molecule has 1 atom stereocenters. The maximum absolute atomic E-state index is 9.57. The van der Waals surface area contributed by atoms with Crippen LogP contribution in [0, 0.1) is 0 Å². The lowest BCUT2D eigenvalue weighted by Crippen LogP contribution is -2.26. The fraction of sp³-hybridized carbons (Fsp3) is 0.714. The molecule has 10 heavy (non-hydrogen) atoms. The van der Waals surface area contributed by atoms with Gasteiger partial charge in [0.2, 0.25) is 0 Å². The average molecular weight is 226 g/mol. The van der Waals surface area contributed by atoms with Gasteiger partial charge < -0.3 is 5.11 Å². The van der Waals surface area contributed by atoms with Gasteiger partial charge in [0.25, 0.3) is 0 Å². The fourth-order valence-electron chi connectivity index (χ4n) is 0.721. The van der Waals surface area contributed by atoms with Crippen molar-refractivity contribution in [2.24, 2.45) is 0 Å². The van der Waals surface area contributed by atoms with Gasteiger partial charge in [-0.1, -0.05) is 33.1 Å². The predicted molar refractivity (Wildman–Crippen MR) is 46.5 cm³/mol. The lowest BCUT2D eigenvalue weighted by Gasteiger charge is -2.18. The van der Waals surface area contributed by atoms with Gasteiger partial charge in [-0.05, 0) is 19.8 Å². The third kappa shape index (κ3) is 1.74. The minimum Gasteiger partial charge on any atom is -0.384 e. The predicted octanol–water partition coefficient (Wildman–Crippen LogP) is 2.42. The van der Waals surface area contributed by atoms with Gasteiger partial charge in [-0.2, -0.15) is 0 Å². The Kier molecular flexibility index (Phi) is 2.43. The fourth-order valence-corrected chi connectivity index (χ4v) is 1.42. The van der Waals surface area contributed by atoms with Crippen molar-refractivity contribution in [3.63, 3.8) is 0 Å². The Bertz CT molecular complexity index is 168. The molecule has 0 saturated heterocycles. The SMILES string of the molecule is C[C@](O)(CBr)C(Cl)=C1CC1. The molecule has 0 aromatic heterocycles. The molecule has 3 heteroatoms. The van der Waals surface area contributed by atoms with Crippen molar-refractivity contribution >= 4 is 27.5 Å². The van der Waals surface area contributed by atoms with Crippen LogP contribution in [-0.4, -0.2) is 16.0 Å². The van der Waals surface area contributed by atoms with Crippen molar-refractivity contribution < 1.29 is 5.11 Å². The molecule has 1 saturated carbocycles. The summed E-state index contributed by atoms with van der Waals surface area (Å²) in [6, 6.07) is 0. The number of halogens is 2. The Morgan fingerprint density at radius 3 is 2.60 bits per heavy atom. The summed E-state index contributed by atoms with van der Waals surface area (Å²) in [4.78, 5) is 0. The molecule has 0 aliphatic heterocycles. The van der Waals surface area contributed by atoms with Crippen LogP contribution in [0.5, 0.6) is 0 Å². The summed E-state index contributed by atoms with van der Waals surface area (Å²) in [5, 5.41) is 10.7. The van der Waals surface area contributed by atoms with Crippen LogP contribution in [0.25, 0.3) is 0 Å². The number of alkyl halides is 1. The van der Waals surface area contributed by atoms with Crippen LogP contribution in [0.15, 0.2) is 10.6 Å². The summed E-state index contributed by atoms with van der Waals surface area (Å²) in [6.45, 7) is 1.72. The molecule has 0 radical (unpaired) electrons. The van der Waals surface area contributed by atoms with E-state index in [0.717, 1.165) is 12.8 Å². The highest BCUT2D eigenvalue weighted by Crippen LogP contribution is 2.38. The zero-order valence-corrected chi connectivity index (χ0v) is 8.17. The number of hydrogen-bond acceptors (Lipinski definition) is 1. The van der Waals surface area contributed by atoms with E-state index in [2.05, 4.69) is 15.9 Å². The molecule has 0 aromatic rings. The standard InChI is InChI=1S/C7H10BrClO/c1-7(10,4-8)6(9)5-2-3-5/h10H,2-4H2,1H3/t7-/m0/s1. The first kappa shape index (κ1) is 8.57. The molecule has 0 amide bonds. The van der Waals surface area contributed by atoms with E-state index in [0.29, 0.717) is 10.4 Å². The van der Waals surface area contributed by atoms with Crippen LogP contribution in [-0.2, 0) is 0 Å². The van der Waals surface area contributed by atoms with Crippen LogP contribution >= 0.6 is 27.5 Å². The summed E-state index contributed by atoms with van der Waals surface area (Å²) < 4.78 is 0. The van der Waals surface area contributed by atoms with Crippen molar-refractivity contribution in [2.75, 3.05) is 5.33 Å². The van der Waals surface area contributed by atoms with Crippen LogP contribution in [0.2, 0.25) is 0 Å². The van der Waals surface area contributed by atoms with E-state index in [9.17, 15) is 5.11 Å². The van der Waals surface area contributed by atoms with Crippen LogP contribution < -0.4 is 0 Å². The second kappa shape index (κ2) is 2.84. The van der Waals surface area contributed by atoms with E-state index in [1.807, 2.05) is 0 Å². The first-order chi connectivity index (χ1) is 4.58. The zero-order valence-electron chi connectivity index (χ0n) is 5.82. The molecule has 0 bridgehead atoms. The van der Waals surface area contributed by atoms with Crippen molar-refractivity contribution in [1.29, 1.82) is 0 Å². The summed E-state index contributed by atoms with van der Waals surface area (Å²) in [6.07, 6.45) is 2.12. The molecule has 0 heterocycles. The van der Waals surface area contributed by atoms with Gasteiger partial charge in [-0.25, -0.2) is 0 Å². The number of allylic oxidation sites excluding steroid dienone is 1. The quantitative estimate of drug-likeness (QED) is 0.716. The number of rotatable bonds is 2. The Hall–Kier alpha value is 0.470. The van der Waals surface area contributed by atoms with E-state index in [4.69, 9.17) is 11.6 Å². The normalized spacial score (nSPS) is 22.2. The van der Waals surface area contributed by atoms with Crippen LogP contribution in [0.3, 0.4) is 0 Å². The van der Waals surface area contributed by atoms with Gasteiger partial charge in [0, 0.05) is 10.4 Å². The van der Waals surface area contributed by atoms with E-state index < -0.39 is 5.60 Å². The Balaban J connectivity index is 2.72. The largest absolute Gasteiger partial charge is 0.384 e. The van der Waals surface area contributed by atoms with Gasteiger partial charge in [0.15, 0.2) is 0 Å². The van der Waals surface area contributed by atoms with Gasteiger partial charge in [0.1, 0.15) is 5.60 Å². The Morgan fingerprint density at radius 1 is 1.80 bits per heavy atom. The molecule has 1 N–H and O–H groups in total. The molecule has 1 nitrogen and oxygen atoms in total. The lowest BCUT2D eigenvalue weighted by molar-refractivity contribution is 0.134. The molecule has 1 aliphatic rings. The third-order valence-electron chi connectivity index (χ3n) is 1.54. The van der Waals surface area contributed by atoms with Gasteiger partial charge >= 0.3 is 0 Å². The summed E-state index contributed by atoms with van der Waals surface area (Å²) in [5.41, 5.74) is 0.346. The first-order valence-corrected chi connectivity index (χ1v) is 4.74. The van der Waals surface area contributed by atoms with E-state index in [1.54, 1.807) is 6.92 Å². The molecule has 1 fully saturated rings. The van der Waals surface area contributed by atoms with Gasteiger partial charge in [-0.3, -0.25) is 0 Å². The molecule has 1 aliphatic carbocycles. The lowest BCUT2D eigenvalue weighted by atomic mass is 10.1. The molecular formula is C7H10BrClO. The highest BCUT2D eigenvalue weighted by molar-refractivity contribution is 9.09. The van der Waals surface area contributed by atoms with Gasteiger partial charge in [-0.15, -0.1) is 0 Å². The molecule has 58 valence electrons. The molecule has 0 aromatic carbocycles. The summed E-state index contributed by atoms with van der Waals surface area (Å²) in [5.74, 6) is 0. The highest BCUT2D eigenvalue weighted by atomic mass is 79.9. The first-order valence-electron chi connectivity index (χ1n) is 3.24.